The van der Waals surface area contributed by atoms with Gasteiger partial charge in [-0.1, -0.05) is 24.3 Å². The minimum absolute atomic E-state index is 0. The number of benzene rings is 2. The van der Waals surface area contributed by atoms with E-state index in [4.69, 9.17) is 4.74 Å². The number of halogens is 3. The third-order valence-corrected chi connectivity index (χ3v) is 9.59. The highest BCUT2D eigenvalue weighted by atomic mass is 32.2. The van der Waals surface area contributed by atoms with Crippen molar-refractivity contribution < 1.29 is 32.5 Å². The first-order valence-electron chi connectivity index (χ1n) is 13.4. The van der Waals surface area contributed by atoms with Crippen LogP contribution in [0.15, 0.2) is 53.4 Å². The molecule has 3 aromatic rings. The second-order valence-electron chi connectivity index (χ2n) is 11.4. The Morgan fingerprint density at radius 1 is 1.07 bits per heavy atom. The molecule has 1 aliphatic heterocycles. The molecule has 0 radical (unpaired) electrons. The van der Waals surface area contributed by atoms with Crippen LogP contribution in [-0.2, 0) is 10.0 Å². The van der Waals surface area contributed by atoms with E-state index < -0.39 is 47.2 Å². The smallest absolute Gasteiger partial charge is 0.391 e. The number of carbonyl (C=O) groups excluding carboxylic acids is 1. The van der Waals surface area contributed by atoms with Crippen LogP contribution in [0.25, 0.3) is 11.3 Å². The van der Waals surface area contributed by atoms with Crippen molar-refractivity contribution in [1.29, 1.82) is 0 Å². The number of aryl methyl sites for hydroxylation is 2. The SMILES string of the molecule is Cc1cccc(C)c1-c1cc2nc(n1)NS(=O)(=O)c1cccc(c1)C(=O)N(C1CC3(CC3)C1)C(CC(F)(F)F)CO2.[HH]. The molecular formula is C29H31F3N4O4S. The summed E-state index contributed by atoms with van der Waals surface area (Å²) >= 11 is 0. The Morgan fingerprint density at radius 2 is 1.76 bits per heavy atom. The molecule has 8 nitrogen and oxygen atoms in total. The Labute approximate surface area is 237 Å². The van der Waals surface area contributed by atoms with Crippen LogP contribution in [0.5, 0.6) is 5.88 Å². The molecule has 2 saturated carbocycles. The molecule has 1 N–H and O–H groups in total. The van der Waals surface area contributed by atoms with Gasteiger partial charge in [-0.15, -0.1) is 0 Å². The fourth-order valence-electron chi connectivity index (χ4n) is 6.05. The maximum absolute atomic E-state index is 13.9. The number of hydrogen-bond donors (Lipinski definition) is 1. The van der Waals surface area contributed by atoms with Gasteiger partial charge in [0.2, 0.25) is 11.8 Å². The minimum atomic E-state index is -4.57. The number of ether oxygens (including phenoxy) is 1. The maximum Gasteiger partial charge on any atom is 0.391 e. The van der Waals surface area contributed by atoms with Gasteiger partial charge in [0.25, 0.3) is 15.9 Å². The first-order valence-corrected chi connectivity index (χ1v) is 14.9. The number of aromatic nitrogens is 2. The lowest BCUT2D eigenvalue weighted by Crippen LogP contribution is -2.56. The van der Waals surface area contributed by atoms with Crippen LogP contribution in [0.3, 0.4) is 0 Å². The molecule has 2 heterocycles. The number of hydrogen-bond acceptors (Lipinski definition) is 6. The molecule has 0 saturated heterocycles. The van der Waals surface area contributed by atoms with Gasteiger partial charge < -0.3 is 9.64 Å². The Bertz CT molecular complexity index is 1620. The molecular weight excluding hydrogens is 557 g/mol. The summed E-state index contributed by atoms with van der Waals surface area (Å²) < 4.78 is 76.7. The number of nitrogens with zero attached hydrogens (tertiary/aromatic N) is 3. The van der Waals surface area contributed by atoms with Crippen molar-refractivity contribution in [3.63, 3.8) is 0 Å². The summed E-state index contributed by atoms with van der Waals surface area (Å²) in [4.78, 5) is 23.5. The lowest BCUT2D eigenvalue weighted by molar-refractivity contribution is -0.151. The first kappa shape index (κ1) is 27.5. The van der Waals surface area contributed by atoms with E-state index in [1.807, 2.05) is 32.0 Å². The number of fused-ring (bicyclic) bond motifs is 4. The van der Waals surface area contributed by atoms with Crippen LogP contribution < -0.4 is 9.46 Å². The minimum Gasteiger partial charge on any atom is -0.475 e. The predicted molar refractivity (Wildman–Crippen MR) is 147 cm³/mol. The summed E-state index contributed by atoms with van der Waals surface area (Å²) in [7, 11) is -4.26. The molecule has 6 rings (SSSR count). The van der Waals surface area contributed by atoms with Gasteiger partial charge in [-0.25, -0.2) is 18.1 Å². The van der Waals surface area contributed by atoms with Gasteiger partial charge in [-0.05, 0) is 74.3 Å². The summed E-state index contributed by atoms with van der Waals surface area (Å²) in [6, 6.07) is 10.7. The van der Waals surface area contributed by atoms with Crippen LogP contribution in [0, 0.1) is 19.3 Å². The van der Waals surface area contributed by atoms with Crippen molar-refractivity contribution in [2.75, 3.05) is 11.3 Å². The maximum atomic E-state index is 13.9. The Balaban J connectivity index is 0.00000353. The fraction of sp³-hybridized carbons (Fsp3) is 0.414. The van der Waals surface area contributed by atoms with E-state index in [1.54, 1.807) is 0 Å². The van der Waals surface area contributed by atoms with Crippen molar-refractivity contribution >= 4 is 21.9 Å². The Morgan fingerprint density at radius 3 is 2.41 bits per heavy atom. The fourth-order valence-corrected chi connectivity index (χ4v) is 7.04. The van der Waals surface area contributed by atoms with Gasteiger partial charge in [0.15, 0.2) is 0 Å². The topological polar surface area (TPSA) is 101 Å². The van der Waals surface area contributed by atoms with E-state index in [0.717, 1.165) is 29.5 Å². The van der Waals surface area contributed by atoms with E-state index in [1.165, 1.54) is 35.2 Å². The van der Waals surface area contributed by atoms with Gasteiger partial charge in [-0.3, -0.25) is 4.79 Å². The Hall–Kier alpha value is -3.67. The molecule has 1 atom stereocenters. The van der Waals surface area contributed by atoms with Crippen molar-refractivity contribution in [3.8, 4) is 17.1 Å². The molecule has 1 spiro atoms. The van der Waals surface area contributed by atoms with E-state index >= 15 is 0 Å². The number of rotatable bonds is 3. The lowest BCUT2D eigenvalue weighted by Gasteiger charge is -2.47. The van der Waals surface area contributed by atoms with Crippen molar-refractivity contribution in [2.45, 2.75) is 69.1 Å². The molecule has 218 valence electrons. The average molecular weight is 589 g/mol. The number of nitrogens with one attached hydrogen (secondary N) is 1. The van der Waals surface area contributed by atoms with Crippen LogP contribution in [0.1, 0.15) is 55.0 Å². The standard InChI is InChI=1S/C29H29F3N4O4S.H2/c1-17-5-3-6-18(2)25(17)23-12-24-34-27(33-23)35-41(38,39)22-8-4-7-19(11-22)26(37)36(20-13-28(14-20)9-10-28)21(16-40-24)15-29(30,31)32;/h3-8,11-12,20-21H,9-10,13-16H2,1-2H3,(H,33,34,35);1H. The molecule has 3 aliphatic rings. The van der Waals surface area contributed by atoms with E-state index in [9.17, 15) is 26.4 Å². The zero-order valence-electron chi connectivity index (χ0n) is 22.5. The zero-order chi connectivity index (χ0) is 29.2. The first-order chi connectivity index (χ1) is 19.3. The van der Waals surface area contributed by atoms with Gasteiger partial charge in [0, 0.05) is 24.7 Å². The van der Waals surface area contributed by atoms with Gasteiger partial charge in [-0.2, -0.15) is 18.2 Å². The lowest BCUT2D eigenvalue weighted by atomic mass is 9.75. The number of anilines is 1. The van der Waals surface area contributed by atoms with Crippen molar-refractivity contribution in [3.05, 3.63) is 65.2 Å². The highest BCUT2D eigenvalue weighted by Crippen LogP contribution is 2.62. The van der Waals surface area contributed by atoms with Crippen LogP contribution in [0.2, 0.25) is 0 Å². The number of alkyl halides is 3. The predicted octanol–water partition coefficient (Wildman–Crippen LogP) is 5.91. The second kappa shape index (κ2) is 9.71. The monoisotopic (exact) mass is 588 g/mol. The molecule has 1 aromatic heterocycles. The highest BCUT2D eigenvalue weighted by Gasteiger charge is 2.56. The average Bonchev–Trinajstić information content (AvgIpc) is 3.67. The van der Waals surface area contributed by atoms with Gasteiger partial charge in [0.1, 0.15) is 6.61 Å². The summed E-state index contributed by atoms with van der Waals surface area (Å²) in [6.45, 7) is 3.26. The summed E-state index contributed by atoms with van der Waals surface area (Å²) in [5, 5.41) is 0. The molecule has 2 aliphatic carbocycles. The number of carbonyl (C=O) groups is 1. The second-order valence-corrected chi connectivity index (χ2v) is 13.1. The number of sulfonamides is 1. The van der Waals surface area contributed by atoms with Gasteiger partial charge >= 0.3 is 6.18 Å². The summed E-state index contributed by atoms with van der Waals surface area (Å²) in [5.41, 5.74) is 2.88. The molecule has 1 unspecified atom stereocenters. The normalized spacial score (nSPS) is 21.5. The van der Waals surface area contributed by atoms with E-state index in [0.29, 0.717) is 18.5 Å². The Kier molecular flexibility index (Phi) is 6.51. The molecule has 12 heteroatoms. The summed E-state index contributed by atoms with van der Waals surface area (Å²) in [5.74, 6) is -1.06. The third-order valence-electron chi connectivity index (χ3n) is 8.26. The molecule has 2 aromatic carbocycles. The highest BCUT2D eigenvalue weighted by molar-refractivity contribution is 7.92. The third kappa shape index (κ3) is 5.49. The van der Waals surface area contributed by atoms with Gasteiger partial charge in [0.05, 0.1) is 23.1 Å². The van der Waals surface area contributed by atoms with Crippen LogP contribution in [0.4, 0.5) is 19.1 Å². The quantitative estimate of drug-likeness (QED) is 0.409. The van der Waals surface area contributed by atoms with E-state index in [2.05, 4.69) is 14.7 Å². The molecule has 4 bridgehead atoms. The zero-order valence-corrected chi connectivity index (χ0v) is 23.3. The molecule has 1 amide bonds. The molecule has 41 heavy (non-hydrogen) atoms. The summed E-state index contributed by atoms with van der Waals surface area (Å²) in [6.07, 6.45) is -2.64. The van der Waals surface area contributed by atoms with Crippen molar-refractivity contribution in [1.82, 2.24) is 14.9 Å². The van der Waals surface area contributed by atoms with Crippen molar-refractivity contribution in [2.24, 2.45) is 5.41 Å². The van der Waals surface area contributed by atoms with Crippen LogP contribution >= 0.6 is 0 Å². The van der Waals surface area contributed by atoms with Crippen LogP contribution in [-0.4, -0.2) is 54.1 Å². The molecule has 2 fully saturated rings. The van der Waals surface area contributed by atoms with E-state index in [-0.39, 0.29) is 29.1 Å². The largest absolute Gasteiger partial charge is 0.475 e. The number of amides is 1.